The summed E-state index contributed by atoms with van der Waals surface area (Å²) in [5.41, 5.74) is 2.76. The van der Waals surface area contributed by atoms with Gasteiger partial charge in [0, 0.05) is 0 Å². The first-order chi connectivity index (χ1) is 6.95. The molecule has 0 bridgehead atoms. The van der Waals surface area contributed by atoms with Gasteiger partial charge in [-0.05, 0) is 28.3 Å². The third-order valence-corrected chi connectivity index (χ3v) is 2.85. The average molecular weight is 202 g/mol. The standard InChI is InChI=1S/C13H12O.H2O/c1-3-10-4-2-6-12-9-14-8-7-11(5-1)13(10)12;/h1-6H,7-9H2;1H2. The van der Waals surface area contributed by atoms with Gasteiger partial charge in [0.25, 0.3) is 0 Å². The molecule has 2 aromatic rings. The Bertz CT molecular complexity index is 436. The van der Waals surface area contributed by atoms with Gasteiger partial charge in [-0.2, -0.15) is 0 Å². The highest BCUT2D eigenvalue weighted by Crippen LogP contribution is 2.26. The molecule has 2 aromatic carbocycles. The van der Waals surface area contributed by atoms with Gasteiger partial charge in [-0.25, -0.2) is 0 Å². The molecule has 3 rings (SSSR count). The second-order valence-electron chi connectivity index (χ2n) is 3.73. The lowest BCUT2D eigenvalue weighted by Crippen LogP contribution is -1.92. The summed E-state index contributed by atoms with van der Waals surface area (Å²) in [5.74, 6) is 0. The first-order valence-electron chi connectivity index (χ1n) is 5.02. The van der Waals surface area contributed by atoms with Gasteiger partial charge in [0.2, 0.25) is 0 Å². The van der Waals surface area contributed by atoms with Gasteiger partial charge in [-0.3, -0.25) is 0 Å². The Kier molecular flexibility index (Phi) is 2.71. The van der Waals surface area contributed by atoms with E-state index in [0.29, 0.717) is 0 Å². The smallest absolute Gasteiger partial charge is 0.0723 e. The van der Waals surface area contributed by atoms with E-state index in [0.717, 1.165) is 19.6 Å². The Morgan fingerprint density at radius 2 is 1.67 bits per heavy atom. The van der Waals surface area contributed by atoms with E-state index < -0.39 is 0 Å². The molecule has 15 heavy (non-hydrogen) atoms. The number of hydrogen-bond acceptors (Lipinski definition) is 1. The third-order valence-electron chi connectivity index (χ3n) is 2.85. The predicted octanol–water partition coefficient (Wildman–Crippen LogP) is 2.09. The van der Waals surface area contributed by atoms with Crippen molar-refractivity contribution in [1.29, 1.82) is 0 Å². The van der Waals surface area contributed by atoms with Gasteiger partial charge in [-0.1, -0.05) is 36.4 Å². The van der Waals surface area contributed by atoms with Gasteiger partial charge in [0.1, 0.15) is 0 Å². The van der Waals surface area contributed by atoms with Crippen LogP contribution in [0.15, 0.2) is 36.4 Å². The van der Waals surface area contributed by atoms with E-state index in [9.17, 15) is 0 Å². The lowest BCUT2D eigenvalue weighted by molar-refractivity contribution is 0.127. The van der Waals surface area contributed by atoms with Gasteiger partial charge >= 0.3 is 0 Å². The van der Waals surface area contributed by atoms with Crippen LogP contribution in [0.3, 0.4) is 0 Å². The zero-order valence-corrected chi connectivity index (χ0v) is 8.49. The van der Waals surface area contributed by atoms with Crippen molar-refractivity contribution in [2.45, 2.75) is 13.0 Å². The number of benzene rings is 2. The predicted molar refractivity (Wildman–Crippen MR) is 60.9 cm³/mol. The SMILES string of the molecule is O.c1cc2c3c(cccc3c1)COCC2. The molecule has 2 nitrogen and oxygen atoms in total. The van der Waals surface area contributed by atoms with E-state index in [4.69, 9.17) is 4.74 Å². The van der Waals surface area contributed by atoms with Crippen molar-refractivity contribution in [2.75, 3.05) is 6.61 Å². The van der Waals surface area contributed by atoms with E-state index in [1.54, 1.807) is 0 Å². The van der Waals surface area contributed by atoms with Crippen LogP contribution in [0, 0.1) is 0 Å². The van der Waals surface area contributed by atoms with Crippen LogP contribution in [0.5, 0.6) is 0 Å². The Hall–Kier alpha value is -1.38. The lowest BCUT2D eigenvalue weighted by Gasteiger charge is -2.05. The molecular weight excluding hydrogens is 188 g/mol. The lowest BCUT2D eigenvalue weighted by atomic mass is 9.99. The number of ether oxygens (including phenoxy) is 1. The summed E-state index contributed by atoms with van der Waals surface area (Å²) in [6, 6.07) is 13.0. The van der Waals surface area contributed by atoms with Crippen LogP contribution in [0.2, 0.25) is 0 Å². The molecule has 2 N–H and O–H groups in total. The maximum absolute atomic E-state index is 5.57. The average Bonchev–Trinajstić information content (AvgIpc) is 2.44. The van der Waals surface area contributed by atoms with Crippen molar-refractivity contribution in [2.24, 2.45) is 0 Å². The van der Waals surface area contributed by atoms with Crippen molar-refractivity contribution in [3.8, 4) is 0 Å². The van der Waals surface area contributed by atoms with E-state index in [1.165, 1.54) is 21.9 Å². The van der Waals surface area contributed by atoms with Crippen LogP contribution < -0.4 is 0 Å². The molecule has 1 aliphatic rings. The molecule has 0 unspecified atom stereocenters. The maximum atomic E-state index is 5.57. The maximum Gasteiger partial charge on any atom is 0.0723 e. The molecule has 1 heterocycles. The highest BCUT2D eigenvalue weighted by atomic mass is 16.5. The van der Waals surface area contributed by atoms with E-state index in [1.807, 2.05) is 0 Å². The molecule has 0 aromatic heterocycles. The summed E-state index contributed by atoms with van der Waals surface area (Å²) < 4.78 is 5.57. The van der Waals surface area contributed by atoms with Crippen LogP contribution in [-0.4, -0.2) is 12.1 Å². The second-order valence-corrected chi connectivity index (χ2v) is 3.73. The van der Waals surface area contributed by atoms with E-state index in [2.05, 4.69) is 36.4 Å². The third kappa shape index (κ3) is 1.62. The van der Waals surface area contributed by atoms with Gasteiger partial charge in [-0.15, -0.1) is 0 Å². The van der Waals surface area contributed by atoms with Crippen molar-refractivity contribution in [1.82, 2.24) is 0 Å². The van der Waals surface area contributed by atoms with Gasteiger partial charge in [0.05, 0.1) is 13.2 Å². The van der Waals surface area contributed by atoms with Crippen LogP contribution in [0.4, 0.5) is 0 Å². The zero-order valence-electron chi connectivity index (χ0n) is 8.49. The van der Waals surface area contributed by atoms with Crippen LogP contribution in [0.1, 0.15) is 11.1 Å². The quantitative estimate of drug-likeness (QED) is 0.644. The van der Waals surface area contributed by atoms with Gasteiger partial charge < -0.3 is 10.2 Å². The highest BCUT2D eigenvalue weighted by molar-refractivity contribution is 5.89. The molecule has 0 saturated heterocycles. The summed E-state index contributed by atoms with van der Waals surface area (Å²) in [6.07, 6.45) is 1.04. The first-order valence-corrected chi connectivity index (χ1v) is 5.02. The van der Waals surface area contributed by atoms with Crippen molar-refractivity contribution < 1.29 is 10.2 Å². The Morgan fingerprint density at radius 3 is 2.47 bits per heavy atom. The highest BCUT2D eigenvalue weighted by Gasteiger charge is 2.09. The molecule has 78 valence electrons. The summed E-state index contributed by atoms with van der Waals surface area (Å²) in [4.78, 5) is 0. The molecule has 2 heteroatoms. The summed E-state index contributed by atoms with van der Waals surface area (Å²) in [7, 11) is 0. The monoisotopic (exact) mass is 202 g/mol. The number of rotatable bonds is 0. The fraction of sp³-hybridized carbons (Fsp3) is 0.231. The molecule has 0 amide bonds. The van der Waals surface area contributed by atoms with Crippen molar-refractivity contribution in [3.63, 3.8) is 0 Å². The fourth-order valence-corrected chi connectivity index (χ4v) is 2.19. The molecule has 0 atom stereocenters. The summed E-state index contributed by atoms with van der Waals surface area (Å²) in [6.45, 7) is 1.60. The van der Waals surface area contributed by atoms with Gasteiger partial charge in [0.15, 0.2) is 0 Å². The van der Waals surface area contributed by atoms with E-state index in [-0.39, 0.29) is 5.48 Å². The van der Waals surface area contributed by atoms with E-state index >= 15 is 0 Å². The normalized spacial score (nSPS) is 14.4. The van der Waals surface area contributed by atoms with Crippen molar-refractivity contribution in [3.05, 3.63) is 47.5 Å². The Balaban J connectivity index is 0.000000853. The first kappa shape index (κ1) is 10.1. The fourth-order valence-electron chi connectivity index (χ4n) is 2.19. The molecule has 0 saturated carbocycles. The molecule has 0 aliphatic carbocycles. The minimum atomic E-state index is 0. The second kappa shape index (κ2) is 4.01. The van der Waals surface area contributed by atoms with Crippen molar-refractivity contribution >= 4 is 10.8 Å². The molecule has 0 spiro atoms. The van der Waals surface area contributed by atoms with Crippen LogP contribution >= 0.6 is 0 Å². The molecule has 0 fully saturated rings. The molecule has 1 aliphatic heterocycles. The zero-order chi connectivity index (χ0) is 9.38. The number of hydrogen-bond donors (Lipinski definition) is 0. The minimum absolute atomic E-state index is 0. The summed E-state index contributed by atoms with van der Waals surface area (Å²) >= 11 is 0. The Labute approximate surface area is 88.8 Å². The molecule has 0 radical (unpaired) electrons. The molecular formula is C13H14O2. The minimum Gasteiger partial charge on any atom is -0.412 e. The topological polar surface area (TPSA) is 40.7 Å². The largest absolute Gasteiger partial charge is 0.412 e. The summed E-state index contributed by atoms with van der Waals surface area (Å²) in [5, 5.41) is 2.75. The van der Waals surface area contributed by atoms with Crippen LogP contribution in [0.25, 0.3) is 10.8 Å². The Morgan fingerprint density at radius 1 is 0.933 bits per heavy atom. The van der Waals surface area contributed by atoms with Crippen LogP contribution in [-0.2, 0) is 17.8 Å².